The van der Waals surface area contributed by atoms with Gasteiger partial charge in [0.1, 0.15) is 11.3 Å². The highest BCUT2D eigenvalue weighted by Crippen LogP contribution is 2.27. The lowest BCUT2D eigenvalue weighted by Gasteiger charge is -2.19. The van der Waals surface area contributed by atoms with Crippen molar-refractivity contribution in [1.82, 2.24) is 9.88 Å². The Morgan fingerprint density at radius 3 is 2.79 bits per heavy atom. The Morgan fingerprint density at radius 1 is 1.28 bits per heavy atom. The number of aromatic nitrogens is 1. The summed E-state index contributed by atoms with van der Waals surface area (Å²) in [7, 11) is 4.17. The molecule has 1 N–H and O–H groups in total. The normalized spacial score (nSPS) is 17.0. The van der Waals surface area contributed by atoms with E-state index in [9.17, 15) is 9.18 Å². The Labute approximate surface area is 168 Å². The molecule has 7 heteroatoms. The number of nitrogens with one attached hydrogen (secondary N) is 1. The number of carbonyl (C=O) groups excluding carboxylic acids is 1. The molecule has 2 heterocycles. The average molecular weight is 394 g/mol. The minimum Gasteiger partial charge on any atom is -0.423 e. The molecule has 150 valence electrons. The van der Waals surface area contributed by atoms with E-state index in [2.05, 4.69) is 34.2 Å². The van der Waals surface area contributed by atoms with Gasteiger partial charge in [-0.1, -0.05) is 12.1 Å². The van der Waals surface area contributed by atoms with Crippen molar-refractivity contribution in [3.63, 3.8) is 0 Å². The van der Waals surface area contributed by atoms with Gasteiger partial charge in [0.05, 0.1) is 0 Å². The molecule has 1 aliphatic rings. The van der Waals surface area contributed by atoms with E-state index in [4.69, 9.17) is 4.42 Å². The van der Waals surface area contributed by atoms with Crippen LogP contribution in [-0.4, -0.2) is 49.0 Å². The van der Waals surface area contributed by atoms with E-state index >= 15 is 0 Å². The van der Waals surface area contributed by atoms with Gasteiger partial charge < -0.3 is 19.5 Å². The number of anilines is 2. The van der Waals surface area contributed by atoms with Gasteiger partial charge in [-0.3, -0.25) is 4.79 Å². The zero-order valence-electron chi connectivity index (χ0n) is 16.4. The van der Waals surface area contributed by atoms with Gasteiger partial charge in [-0.05, 0) is 62.5 Å². The number of hydrogen-bond donors (Lipinski definition) is 1. The molecule has 0 radical (unpaired) electrons. The Morgan fingerprint density at radius 2 is 2.07 bits per heavy atom. The number of carbonyl (C=O) groups is 1. The minimum atomic E-state index is -0.307. The fourth-order valence-electron chi connectivity index (χ4n) is 3.40. The van der Waals surface area contributed by atoms with Gasteiger partial charge in [0.25, 0.3) is 6.01 Å². The van der Waals surface area contributed by atoms with Crippen molar-refractivity contribution >= 4 is 34.8 Å². The number of fused-ring (bicyclic) bond motifs is 1. The maximum atomic E-state index is 12.9. The van der Waals surface area contributed by atoms with Crippen LogP contribution in [-0.2, 0) is 4.79 Å². The third-order valence-corrected chi connectivity index (χ3v) is 5.11. The number of halogens is 1. The van der Waals surface area contributed by atoms with Crippen LogP contribution in [0.3, 0.4) is 0 Å². The average Bonchev–Trinajstić information content (AvgIpc) is 3.34. The second kappa shape index (κ2) is 8.05. The molecule has 1 amide bonds. The largest absolute Gasteiger partial charge is 0.423 e. The van der Waals surface area contributed by atoms with Crippen LogP contribution >= 0.6 is 0 Å². The van der Waals surface area contributed by atoms with Crippen LogP contribution in [0.5, 0.6) is 0 Å². The molecule has 0 unspecified atom stereocenters. The summed E-state index contributed by atoms with van der Waals surface area (Å²) in [5.74, 6) is -0.580. The Kier molecular flexibility index (Phi) is 5.31. The van der Waals surface area contributed by atoms with Crippen molar-refractivity contribution in [1.29, 1.82) is 0 Å². The number of benzene rings is 2. The maximum absolute atomic E-state index is 12.9. The number of rotatable bonds is 5. The van der Waals surface area contributed by atoms with E-state index in [0.717, 1.165) is 25.1 Å². The van der Waals surface area contributed by atoms with Crippen LogP contribution in [0.15, 0.2) is 53.0 Å². The molecule has 29 heavy (non-hydrogen) atoms. The summed E-state index contributed by atoms with van der Waals surface area (Å²) in [5, 5.41) is 2.81. The molecule has 4 rings (SSSR count). The van der Waals surface area contributed by atoms with Gasteiger partial charge >= 0.3 is 0 Å². The highest BCUT2D eigenvalue weighted by Gasteiger charge is 2.27. The van der Waals surface area contributed by atoms with E-state index in [1.165, 1.54) is 18.2 Å². The molecule has 1 aromatic heterocycles. The number of likely N-dealkylation sites (N-methyl/N-ethyl adjacent to an activating group) is 1. The van der Waals surface area contributed by atoms with E-state index in [0.29, 0.717) is 28.8 Å². The van der Waals surface area contributed by atoms with Crippen LogP contribution in [0.25, 0.3) is 17.2 Å². The second-order valence-electron chi connectivity index (χ2n) is 7.41. The molecule has 1 atom stereocenters. The first-order valence-electron chi connectivity index (χ1n) is 9.54. The summed E-state index contributed by atoms with van der Waals surface area (Å²) in [6, 6.07) is 12.4. The quantitative estimate of drug-likeness (QED) is 0.668. The molecule has 0 spiro atoms. The van der Waals surface area contributed by atoms with Crippen molar-refractivity contribution in [3.05, 3.63) is 59.9 Å². The topological polar surface area (TPSA) is 61.6 Å². The lowest BCUT2D eigenvalue weighted by molar-refractivity contribution is -0.111. The van der Waals surface area contributed by atoms with Crippen LogP contribution in [0.1, 0.15) is 12.0 Å². The Bertz CT molecular complexity index is 1040. The monoisotopic (exact) mass is 394 g/mol. The Balaban J connectivity index is 1.43. The smallest absolute Gasteiger partial charge is 0.298 e. The SMILES string of the molecule is CN(C)[C@@H]1CCN(c2nc3cc(NC(=O)C=Cc4ccc(F)cc4)ccc3o2)C1. The summed E-state index contributed by atoms with van der Waals surface area (Å²) >= 11 is 0. The highest BCUT2D eigenvalue weighted by molar-refractivity contribution is 6.02. The first-order chi connectivity index (χ1) is 14.0. The van der Waals surface area contributed by atoms with Crippen LogP contribution < -0.4 is 10.2 Å². The molecule has 1 aliphatic heterocycles. The first kappa shape index (κ1) is 19.1. The summed E-state index contributed by atoms with van der Waals surface area (Å²) in [4.78, 5) is 21.1. The molecule has 2 aromatic carbocycles. The molecule has 1 fully saturated rings. The van der Waals surface area contributed by atoms with Gasteiger partial charge in [0.2, 0.25) is 5.91 Å². The maximum Gasteiger partial charge on any atom is 0.298 e. The van der Waals surface area contributed by atoms with Crippen molar-refractivity contribution in [2.75, 3.05) is 37.4 Å². The number of hydrogen-bond acceptors (Lipinski definition) is 5. The van der Waals surface area contributed by atoms with Crippen LogP contribution in [0.2, 0.25) is 0 Å². The standard InChI is InChI=1S/C22H23FN4O2/c1-26(2)18-11-12-27(14-18)22-25-19-13-17(8-9-20(19)29-22)24-21(28)10-5-15-3-6-16(23)7-4-15/h3-10,13,18H,11-12,14H2,1-2H3,(H,24,28)/t18-/m1/s1. The lowest BCUT2D eigenvalue weighted by Crippen LogP contribution is -2.31. The fourth-order valence-corrected chi connectivity index (χ4v) is 3.40. The molecule has 0 aliphatic carbocycles. The molecule has 0 bridgehead atoms. The van der Waals surface area contributed by atoms with E-state index < -0.39 is 0 Å². The number of oxazole rings is 1. The van der Waals surface area contributed by atoms with Gasteiger partial charge in [-0.25, -0.2) is 4.39 Å². The zero-order chi connectivity index (χ0) is 20.4. The summed E-state index contributed by atoms with van der Waals surface area (Å²) in [6.07, 6.45) is 4.13. The van der Waals surface area contributed by atoms with E-state index in [1.54, 1.807) is 30.3 Å². The number of nitrogens with zero attached hydrogens (tertiary/aromatic N) is 3. The zero-order valence-corrected chi connectivity index (χ0v) is 16.4. The van der Waals surface area contributed by atoms with Crippen molar-refractivity contribution in [2.24, 2.45) is 0 Å². The number of amides is 1. The molecular weight excluding hydrogens is 371 g/mol. The third kappa shape index (κ3) is 4.46. The second-order valence-corrected chi connectivity index (χ2v) is 7.41. The summed E-state index contributed by atoms with van der Waals surface area (Å²) in [6.45, 7) is 1.80. The third-order valence-electron chi connectivity index (χ3n) is 5.11. The molecule has 3 aromatic rings. The van der Waals surface area contributed by atoms with Gasteiger partial charge in [0.15, 0.2) is 5.58 Å². The van der Waals surface area contributed by atoms with E-state index in [-0.39, 0.29) is 11.7 Å². The van der Waals surface area contributed by atoms with Gasteiger partial charge in [-0.15, -0.1) is 0 Å². The fraction of sp³-hybridized carbons (Fsp3) is 0.273. The first-order valence-corrected chi connectivity index (χ1v) is 9.54. The summed E-state index contributed by atoms with van der Waals surface area (Å²) in [5.41, 5.74) is 2.78. The van der Waals surface area contributed by atoms with Gasteiger partial charge in [-0.2, -0.15) is 4.98 Å². The molecular formula is C22H23FN4O2. The van der Waals surface area contributed by atoms with Crippen molar-refractivity contribution < 1.29 is 13.6 Å². The van der Waals surface area contributed by atoms with Crippen LogP contribution in [0.4, 0.5) is 16.1 Å². The highest BCUT2D eigenvalue weighted by atomic mass is 19.1. The Hall–Kier alpha value is -3.19. The van der Waals surface area contributed by atoms with Crippen molar-refractivity contribution in [2.45, 2.75) is 12.5 Å². The molecule has 1 saturated heterocycles. The predicted molar refractivity (Wildman–Crippen MR) is 112 cm³/mol. The van der Waals surface area contributed by atoms with Gasteiger partial charge in [0, 0.05) is 30.9 Å². The summed E-state index contributed by atoms with van der Waals surface area (Å²) < 4.78 is 18.8. The predicted octanol–water partition coefficient (Wildman–Crippen LogP) is 3.76. The van der Waals surface area contributed by atoms with Crippen LogP contribution in [0, 0.1) is 5.82 Å². The molecule has 6 nitrogen and oxygen atoms in total. The minimum absolute atomic E-state index is 0.272. The van der Waals surface area contributed by atoms with Crippen molar-refractivity contribution in [3.8, 4) is 0 Å². The van der Waals surface area contributed by atoms with E-state index in [1.807, 2.05) is 6.07 Å². The lowest BCUT2D eigenvalue weighted by atomic mass is 10.2. The molecule has 0 saturated carbocycles.